The van der Waals surface area contributed by atoms with Gasteiger partial charge in [0.1, 0.15) is 12.4 Å². The molecule has 154 valence electrons. The summed E-state index contributed by atoms with van der Waals surface area (Å²) in [5.74, 6) is 0.489. The number of fused-ring (bicyclic) bond motifs is 3. The zero-order valence-electron chi connectivity index (χ0n) is 16.4. The van der Waals surface area contributed by atoms with Gasteiger partial charge in [0.15, 0.2) is 4.96 Å². The number of halogens is 2. The summed E-state index contributed by atoms with van der Waals surface area (Å²) < 4.78 is 8.22. The first-order valence-electron chi connectivity index (χ1n) is 9.59. The number of rotatable bonds is 4. The minimum absolute atomic E-state index is 0.130. The summed E-state index contributed by atoms with van der Waals surface area (Å²) in [5.41, 5.74) is 4.29. The third-order valence-corrected chi connectivity index (χ3v) is 6.40. The van der Waals surface area contributed by atoms with Gasteiger partial charge in [0, 0.05) is 10.6 Å². The molecule has 0 spiro atoms. The Kier molecular flexibility index (Phi) is 5.18. The molecule has 2 heterocycles. The quantitative estimate of drug-likeness (QED) is 0.343. The minimum atomic E-state index is -0.130. The first-order valence-corrected chi connectivity index (χ1v) is 11.2. The highest BCUT2D eigenvalue weighted by Crippen LogP contribution is 2.33. The Bertz CT molecular complexity index is 1560. The van der Waals surface area contributed by atoms with Gasteiger partial charge in [0.05, 0.1) is 20.6 Å². The van der Waals surface area contributed by atoms with E-state index in [0.29, 0.717) is 37.5 Å². The van der Waals surface area contributed by atoms with Crippen molar-refractivity contribution in [2.24, 2.45) is 0 Å². The standard InChI is InChI=1S/C24H16Cl2N2O2S/c1-14-5-4-6-15(9-14)13-30-22-16(10-17(25)12-18(22)26)11-21-23(29)28-20-8-3-2-7-19(20)27-24(28)31-21/h2-12H,13H2,1H3/b21-11-. The number of nitrogens with zero attached hydrogens (tertiary/aromatic N) is 2. The molecular formula is C24H16Cl2N2O2S. The molecule has 0 unspecified atom stereocenters. The Hall–Kier alpha value is -2.86. The Morgan fingerprint density at radius 2 is 1.94 bits per heavy atom. The summed E-state index contributed by atoms with van der Waals surface area (Å²) in [7, 11) is 0. The third kappa shape index (κ3) is 3.81. The molecule has 0 radical (unpaired) electrons. The summed E-state index contributed by atoms with van der Waals surface area (Å²) in [6, 6.07) is 19.0. The van der Waals surface area contributed by atoms with Gasteiger partial charge < -0.3 is 4.74 Å². The summed E-state index contributed by atoms with van der Waals surface area (Å²) in [6.07, 6.45) is 1.76. The number of thiazole rings is 1. The molecule has 0 saturated carbocycles. The van der Waals surface area contributed by atoms with Crippen LogP contribution in [0.5, 0.6) is 5.75 Å². The van der Waals surface area contributed by atoms with Crippen molar-refractivity contribution < 1.29 is 4.74 Å². The van der Waals surface area contributed by atoms with Crippen LogP contribution < -0.4 is 14.8 Å². The number of aryl methyl sites for hydroxylation is 1. The third-order valence-electron chi connectivity index (χ3n) is 4.93. The Balaban J connectivity index is 1.61. The highest BCUT2D eigenvalue weighted by Gasteiger charge is 2.14. The molecule has 4 nitrogen and oxygen atoms in total. The second kappa shape index (κ2) is 8.00. The lowest BCUT2D eigenvalue weighted by Gasteiger charge is -2.12. The molecule has 31 heavy (non-hydrogen) atoms. The fourth-order valence-corrected chi connectivity index (χ4v) is 5.09. The average molecular weight is 467 g/mol. The lowest BCUT2D eigenvalue weighted by atomic mass is 10.1. The van der Waals surface area contributed by atoms with E-state index in [2.05, 4.69) is 11.1 Å². The molecule has 0 fully saturated rings. The number of ether oxygens (including phenoxy) is 1. The van der Waals surface area contributed by atoms with E-state index in [-0.39, 0.29) is 5.56 Å². The van der Waals surface area contributed by atoms with Crippen LogP contribution in [0.2, 0.25) is 10.0 Å². The smallest absolute Gasteiger partial charge is 0.274 e. The van der Waals surface area contributed by atoms with Crippen LogP contribution in [-0.4, -0.2) is 9.38 Å². The lowest BCUT2D eigenvalue weighted by molar-refractivity contribution is 0.305. The molecule has 5 aromatic rings. The molecular weight excluding hydrogens is 451 g/mol. The molecule has 0 bridgehead atoms. The van der Waals surface area contributed by atoms with Crippen LogP contribution in [0, 0.1) is 6.92 Å². The zero-order chi connectivity index (χ0) is 21.5. The van der Waals surface area contributed by atoms with E-state index in [1.165, 1.54) is 11.3 Å². The predicted molar refractivity (Wildman–Crippen MR) is 128 cm³/mol. The predicted octanol–water partition coefficient (Wildman–Crippen LogP) is 5.65. The fraction of sp³-hybridized carbons (Fsp3) is 0.0833. The minimum Gasteiger partial charge on any atom is -0.487 e. The normalized spacial score (nSPS) is 12.2. The van der Waals surface area contributed by atoms with Gasteiger partial charge >= 0.3 is 0 Å². The van der Waals surface area contributed by atoms with Crippen molar-refractivity contribution in [3.05, 3.63) is 102 Å². The molecule has 2 aromatic heterocycles. The van der Waals surface area contributed by atoms with Crippen LogP contribution >= 0.6 is 34.5 Å². The number of hydrogen-bond donors (Lipinski definition) is 0. The summed E-state index contributed by atoms with van der Waals surface area (Å²) in [6.45, 7) is 2.39. The first-order chi connectivity index (χ1) is 15.0. The maximum absolute atomic E-state index is 13.1. The monoisotopic (exact) mass is 466 g/mol. The van der Waals surface area contributed by atoms with E-state index in [4.69, 9.17) is 27.9 Å². The zero-order valence-corrected chi connectivity index (χ0v) is 18.8. The topological polar surface area (TPSA) is 43.6 Å². The largest absolute Gasteiger partial charge is 0.487 e. The van der Waals surface area contributed by atoms with E-state index in [1.54, 1.807) is 22.6 Å². The highest BCUT2D eigenvalue weighted by molar-refractivity contribution is 7.15. The number of imidazole rings is 1. The molecule has 5 rings (SSSR count). The van der Waals surface area contributed by atoms with Gasteiger partial charge in [-0.1, -0.05) is 76.5 Å². The van der Waals surface area contributed by atoms with Gasteiger partial charge in [0.2, 0.25) is 0 Å². The second-order valence-corrected chi connectivity index (χ2v) is 9.07. The summed E-state index contributed by atoms with van der Waals surface area (Å²) in [5, 5.41) is 0.865. The number of benzene rings is 3. The fourth-order valence-electron chi connectivity index (χ4n) is 3.55. The summed E-state index contributed by atoms with van der Waals surface area (Å²) >= 11 is 14.0. The highest BCUT2D eigenvalue weighted by atomic mass is 35.5. The lowest BCUT2D eigenvalue weighted by Crippen LogP contribution is -2.22. The van der Waals surface area contributed by atoms with Crippen LogP contribution in [0.15, 0.2) is 65.5 Å². The molecule has 0 N–H and O–H groups in total. The van der Waals surface area contributed by atoms with Gasteiger partial charge in [-0.3, -0.25) is 4.79 Å². The van der Waals surface area contributed by atoms with Crippen molar-refractivity contribution in [2.75, 3.05) is 0 Å². The van der Waals surface area contributed by atoms with Crippen molar-refractivity contribution in [2.45, 2.75) is 13.5 Å². The van der Waals surface area contributed by atoms with E-state index in [1.807, 2.05) is 49.4 Å². The van der Waals surface area contributed by atoms with E-state index in [0.717, 1.165) is 22.2 Å². The van der Waals surface area contributed by atoms with Crippen LogP contribution in [0.25, 0.3) is 22.1 Å². The van der Waals surface area contributed by atoms with Crippen molar-refractivity contribution in [3.63, 3.8) is 0 Å². The van der Waals surface area contributed by atoms with Crippen molar-refractivity contribution in [1.82, 2.24) is 9.38 Å². The molecule has 7 heteroatoms. The maximum atomic E-state index is 13.1. The number of para-hydroxylation sites is 2. The van der Waals surface area contributed by atoms with Crippen molar-refractivity contribution in [3.8, 4) is 5.75 Å². The van der Waals surface area contributed by atoms with Gasteiger partial charge in [-0.25, -0.2) is 9.38 Å². The Labute approximate surface area is 191 Å². The second-order valence-electron chi connectivity index (χ2n) is 7.22. The maximum Gasteiger partial charge on any atom is 0.274 e. The number of aromatic nitrogens is 2. The van der Waals surface area contributed by atoms with Crippen LogP contribution in [0.1, 0.15) is 16.7 Å². The molecule has 0 aliphatic heterocycles. The molecule has 0 atom stereocenters. The van der Waals surface area contributed by atoms with Gasteiger partial charge in [-0.05, 0) is 42.8 Å². The van der Waals surface area contributed by atoms with Gasteiger partial charge in [0.25, 0.3) is 5.56 Å². The first kappa shape index (κ1) is 20.1. The molecule has 0 aliphatic rings. The van der Waals surface area contributed by atoms with Crippen molar-refractivity contribution >= 4 is 56.6 Å². The SMILES string of the molecule is Cc1cccc(COc2c(Cl)cc(Cl)cc2/C=c2\sc3nc4ccccc4n3c2=O)c1. The van der Waals surface area contributed by atoms with Crippen molar-refractivity contribution in [1.29, 1.82) is 0 Å². The Morgan fingerprint density at radius 1 is 1.10 bits per heavy atom. The van der Waals surface area contributed by atoms with E-state index >= 15 is 0 Å². The average Bonchev–Trinajstić information content (AvgIpc) is 3.23. The van der Waals surface area contributed by atoms with Crippen LogP contribution in [0.4, 0.5) is 0 Å². The van der Waals surface area contributed by atoms with Crippen LogP contribution in [0.3, 0.4) is 0 Å². The van der Waals surface area contributed by atoms with E-state index < -0.39 is 0 Å². The molecule has 0 saturated heterocycles. The number of hydrogen-bond acceptors (Lipinski definition) is 4. The van der Waals surface area contributed by atoms with Crippen LogP contribution in [-0.2, 0) is 6.61 Å². The van der Waals surface area contributed by atoms with Gasteiger partial charge in [-0.15, -0.1) is 0 Å². The Morgan fingerprint density at radius 3 is 2.77 bits per heavy atom. The molecule has 0 amide bonds. The molecule has 0 aliphatic carbocycles. The van der Waals surface area contributed by atoms with E-state index in [9.17, 15) is 4.79 Å². The van der Waals surface area contributed by atoms with Gasteiger partial charge in [-0.2, -0.15) is 0 Å². The molecule has 3 aromatic carbocycles. The summed E-state index contributed by atoms with van der Waals surface area (Å²) in [4.78, 5) is 18.3.